The average Bonchev–Trinajstić information content (AvgIpc) is 2.38. The smallest absolute Gasteiger partial charge is 0.395 e. The van der Waals surface area contributed by atoms with Crippen molar-refractivity contribution in [2.45, 2.75) is 24.4 Å². The average molecular weight is 324 g/mol. The molecule has 0 aliphatic carbocycles. The quantitative estimate of drug-likeness (QED) is 0.835. The van der Waals surface area contributed by atoms with Gasteiger partial charge in [0, 0.05) is 31.5 Å². The van der Waals surface area contributed by atoms with Crippen molar-refractivity contribution in [3.8, 4) is 0 Å². The van der Waals surface area contributed by atoms with Gasteiger partial charge in [-0.2, -0.15) is 29.9 Å². The zero-order valence-corrected chi connectivity index (χ0v) is 13.1. The lowest BCUT2D eigenvalue weighted by Crippen LogP contribution is -2.32. The Morgan fingerprint density at radius 3 is 2.43 bits per heavy atom. The third-order valence-electron chi connectivity index (χ3n) is 2.86. The van der Waals surface area contributed by atoms with E-state index in [9.17, 15) is 18.3 Å². The van der Waals surface area contributed by atoms with Gasteiger partial charge in [-0.25, -0.2) is 4.98 Å². The molecule has 1 rings (SSSR count). The summed E-state index contributed by atoms with van der Waals surface area (Å²) in [7, 11) is 3.21. The first-order valence-electron chi connectivity index (χ1n) is 6.22. The molecule has 0 spiro atoms. The highest BCUT2D eigenvalue weighted by Crippen LogP contribution is 2.30. The van der Waals surface area contributed by atoms with Crippen molar-refractivity contribution in [2.24, 2.45) is 0 Å². The maximum absolute atomic E-state index is 12.9. The van der Waals surface area contributed by atoms with Crippen molar-refractivity contribution in [3.05, 3.63) is 11.8 Å². The number of hydrogen-bond acceptors (Lipinski definition) is 6. The number of aliphatic hydroxyl groups excluding tert-OH is 1. The molecule has 1 heterocycles. The Kier molecular flexibility index (Phi) is 6.09. The molecule has 1 aromatic heterocycles. The fourth-order valence-corrected chi connectivity index (χ4v) is 2.23. The highest BCUT2D eigenvalue weighted by atomic mass is 32.2. The molecule has 0 bridgehead atoms. The van der Waals surface area contributed by atoms with Crippen LogP contribution in [0.4, 0.5) is 24.9 Å². The first-order chi connectivity index (χ1) is 9.68. The summed E-state index contributed by atoms with van der Waals surface area (Å²) in [6, 6.07) is 0.622. The number of alkyl halides is 3. The fourth-order valence-electron chi connectivity index (χ4n) is 1.61. The van der Waals surface area contributed by atoms with Crippen LogP contribution in [0.25, 0.3) is 0 Å². The van der Waals surface area contributed by atoms with Crippen LogP contribution >= 0.6 is 11.8 Å². The van der Waals surface area contributed by atoms with Gasteiger partial charge in [-0.3, -0.25) is 0 Å². The second-order valence-corrected chi connectivity index (χ2v) is 5.79. The van der Waals surface area contributed by atoms with Crippen molar-refractivity contribution in [2.75, 3.05) is 37.2 Å². The lowest BCUT2D eigenvalue weighted by Gasteiger charge is -2.22. The minimum Gasteiger partial charge on any atom is -0.395 e. The summed E-state index contributed by atoms with van der Waals surface area (Å²) < 4.78 is 38.6. The molecule has 0 amide bonds. The largest absolute Gasteiger partial charge is 0.433 e. The molecule has 120 valence electrons. The number of thioether (sulfide) groups is 1. The molecule has 21 heavy (non-hydrogen) atoms. The van der Waals surface area contributed by atoms with Crippen molar-refractivity contribution in [3.63, 3.8) is 0 Å². The molecule has 9 heteroatoms. The topological polar surface area (TPSA) is 61.3 Å². The van der Waals surface area contributed by atoms with Gasteiger partial charge in [0.25, 0.3) is 0 Å². The molecule has 0 aliphatic rings. The van der Waals surface area contributed by atoms with Crippen molar-refractivity contribution in [1.29, 1.82) is 0 Å². The van der Waals surface area contributed by atoms with Crippen molar-refractivity contribution < 1.29 is 18.3 Å². The predicted molar refractivity (Wildman–Crippen MR) is 78.8 cm³/mol. The molecule has 0 fully saturated rings. The van der Waals surface area contributed by atoms with Gasteiger partial charge in [-0.1, -0.05) is 0 Å². The van der Waals surface area contributed by atoms with Crippen LogP contribution in [0.3, 0.4) is 0 Å². The van der Waals surface area contributed by atoms with E-state index in [-0.39, 0.29) is 29.7 Å². The number of nitrogens with one attached hydrogen (secondary N) is 1. The second kappa shape index (κ2) is 7.17. The Labute approximate surface area is 126 Å². The van der Waals surface area contributed by atoms with E-state index in [0.29, 0.717) is 0 Å². The standard InChI is InChI=1S/C12H19F3N4OS/c1-7(8(6-20)21-4)16-11-17-9(12(13,14)15)5-10(18-11)19(2)3/h5,7-8,20H,6H2,1-4H3,(H,16,17,18). The minimum absolute atomic E-state index is 0.0885. The number of aliphatic hydroxyl groups is 1. The van der Waals surface area contributed by atoms with Gasteiger partial charge in [0.2, 0.25) is 5.95 Å². The number of hydrogen-bond donors (Lipinski definition) is 2. The fraction of sp³-hybridized carbons (Fsp3) is 0.667. The number of anilines is 2. The first-order valence-corrected chi connectivity index (χ1v) is 7.51. The van der Waals surface area contributed by atoms with Crippen LogP contribution < -0.4 is 10.2 Å². The van der Waals surface area contributed by atoms with Crippen molar-refractivity contribution >= 4 is 23.5 Å². The van der Waals surface area contributed by atoms with E-state index in [4.69, 9.17) is 0 Å². The van der Waals surface area contributed by atoms with Crippen LogP contribution in [-0.4, -0.2) is 53.3 Å². The van der Waals surface area contributed by atoms with Crippen LogP contribution in [0.15, 0.2) is 6.07 Å². The Morgan fingerprint density at radius 1 is 1.38 bits per heavy atom. The van der Waals surface area contributed by atoms with E-state index in [1.54, 1.807) is 21.0 Å². The third kappa shape index (κ3) is 4.92. The van der Waals surface area contributed by atoms with Gasteiger partial charge in [-0.15, -0.1) is 0 Å². The molecule has 0 saturated carbocycles. The van der Waals surface area contributed by atoms with Gasteiger partial charge in [0.05, 0.1) is 6.61 Å². The van der Waals surface area contributed by atoms with Gasteiger partial charge in [0.1, 0.15) is 5.82 Å². The highest BCUT2D eigenvalue weighted by Gasteiger charge is 2.34. The number of nitrogens with zero attached hydrogens (tertiary/aromatic N) is 3. The summed E-state index contributed by atoms with van der Waals surface area (Å²) in [6.07, 6.45) is -2.72. The summed E-state index contributed by atoms with van der Waals surface area (Å²) in [5, 5.41) is 11.9. The van der Waals surface area contributed by atoms with Crippen LogP contribution in [-0.2, 0) is 6.18 Å². The first kappa shape index (κ1) is 17.8. The summed E-state index contributed by atoms with van der Waals surface area (Å²) in [5.41, 5.74) is -0.999. The molecule has 0 aliphatic heterocycles. The van der Waals surface area contributed by atoms with Crippen LogP contribution in [0.1, 0.15) is 12.6 Å². The van der Waals surface area contributed by atoms with Gasteiger partial charge < -0.3 is 15.3 Å². The van der Waals surface area contributed by atoms with E-state index in [2.05, 4.69) is 15.3 Å². The van der Waals surface area contributed by atoms with E-state index < -0.39 is 11.9 Å². The zero-order valence-electron chi connectivity index (χ0n) is 12.3. The Morgan fingerprint density at radius 2 is 2.00 bits per heavy atom. The second-order valence-electron chi connectivity index (χ2n) is 4.72. The molecule has 0 aromatic carbocycles. The Bertz CT molecular complexity index is 466. The summed E-state index contributed by atoms with van der Waals surface area (Å²) in [4.78, 5) is 9.04. The zero-order chi connectivity index (χ0) is 16.2. The monoisotopic (exact) mass is 324 g/mol. The molecule has 0 radical (unpaired) electrons. The van der Waals surface area contributed by atoms with Crippen LogP contribution in [0.2, 0.25) is 0 Å². The summed E-state index contributed by atoms with van der Waals surface area (Å²) in [6.45, 7) is 1.67. The lowest BCUT2D eigenvalue weighted by molar-refractivity contribution is -0.141. The molecule has 2 N–H and O–H groups in total. The molecule has 0 saturated heterocycles. The highest BCUT2D eigenvalue weighted by molar-refractivity contribution is 7.99. The third-order valence-corrected chi connectivity index (χ3v) is 4.02. The maximum atomic E-state index is 12.9. The predicted octanol–water partition coefficient (Wildman–Crippen LogP) is 2.09. The van der Waals surface area contributed by atoms with E-state index >= 15 is 0 Å². The van der Waals surface area contributed by atoms with E-state index in [1.165, 1.54) is 16.7 Å². The number of aromatic nitrogens is 2. The van der Waals surface area contributed by atoms with Gasteiger partial charge in [-0.05, 0) is 13.2 Å². The lowest BCUT2D eigenvalue weighted by atomic mass is 10.2. The molecule has 2 atom stereocenters. The Hall–Kier alpha value is -1.22. The van der Waals surface area contributed by atoms with Crippen LogP contribution in [0, 0.1) is 0 Å². The van der Waals surface area contributed by atoms with Crippen LogP contribution in [0.5, 0.6) is 0 Å². The molecule has 5 nitrogen and oxygen atoms in total. The molecule has 1 aromatic rings. The normalized spacial score (nSPS) is 14.7. The summed E-state index contributed by atoms with van der Waals surface area (Å²) in [5.74, 6) is 0.0604. The SMILES string of the molecule is CSC(CO)C(C)Nc1nc(N(C)C)cc(C(F)(F)F)n1. The van der Waals surface area contributed by atoms with E-state index in [1.807, 2.05) is 6.26 Å². The van der Waals surface area contributed by atoms with E-state index in [0.717, 1.165) is 6.07 Å². The molecule has 2 unspecified atom stereocenters. The molecular weight excluding hydrogens is 305 g/mol. The maximum Gasteiger partial charge on any atom is 0.433 e. The number of rotatable bonds is 6. The van der Waals surface area contributed by atoms with Gasteiger partial charge >= 0.3 is 6.18 Å². The molecular formula is C12H19F3N4OS. The number of halogens is 3. The van der Waals surface area contributed by atoms with Gasteiger partial charge in [0.15, 0.2) is 5.69 Å². The summed E-state index contributed by atoms with van der Waals surface area (Å²) >= 11 is 1.42. The Balaban J connectivity index is 3.09. The van der Waals surface area contributed by atoms with Crippen molar-refractivity contribution in [1.82, 2.24) is 9.97 Å². The minimum atomic E-state index is -4.54.